The molecule has 0 saturated carbocycles. The van der Waals surface area contributed by atoms with Crippen LogP contribution in [-0.2, 0) is 9.53 Å². The van der Waals surface area contributed by atoms with E-state index in [0.29, 0.717) is 26.2 Å². The van der Waals surface area contributed by atoms with Crippen LogP contribution in [0.15, 0.2) is 0 Å². The molecule has 0 saturated heterocycles. The fraction of sp³-hybridized carbons (Fsp3) is 0.909. The minimum absolute atomic E-state index is 0.00115. The number of aliphatic hydroxyl groups excluding tert-OH is 1. The van der Waals surface area contributed by atoms with Crippen LogP contribution in [0.25, 0.3) is 0 Å². The summed E-state index contributed by atoms with van der Waals surface area (Å²) in [5.41, 5.74) is -0.457. The van der Waals surface area contributed by atoms with Crippen molar-refractivity contribution in [1.82, 2.24) is 5.32 Å². The standard InChI is InChI=1S/C11H23NO3/c1-4-11(3,6-8-13)10(14)12-7-9-15-5-2/h13H,4-9H2,1-3H3,(H,12,14). The minimum atomic E-state index is -0.457. The number of hydrogen-bond donors (Lipinski definition) is 2. The molecule has 0 aromatic rings. The molecule has 0 bridgehead atoms. The van der Waals surface area contributed by atoms with Gasteiger partial charge in [0.25, 0.3) is 0 Å². The number of aliphatic hydroxyl groups is 1. The third kappa shape index (κ3) is 5.14. The summed E-state index contributed by atoms with van der Waals surface area (Å²) in [6, 6.07) is 0. The van der Waals surface area contributed by atoms with Crippen molar-refractivity contribution >= 4 is 5.91 Å². The fourth-order valence-electron chi connectivity index (χ4n) is 1.29. The van der Waals surface area contributed by atoms with E-state index in [1.54, 1.807) is 0 Å². The molecule has 0 rings (SSSR count). The van der Waals surface area contributed by atoms with E-state index >= 15 is 0 Å². The Bertz CT molecular complexity index is 185. The maximum absolute atomic E-state index is 11.8. The number of ether oxygens (including phenoxy) is 1. The smallest absolute Gasteiger partial charge is 0.226 e. The van der Waals surface area contributed by atoms with Gasteiger partial charge in [0.15, 0.2) is 0 Å². The second-order valence-electron chi connectivity index (χ2n) is 3.84. The van der Waals surface area contributed by atoms with Crippen LogP contribution in [0.1, 0.15) is 33.6 Å². The van der Waals surface area contributed by atoms with Crippen LogP contribution >= 0.6 is 0 Å². The highest BCUT2D eigenvalue weighted by Gasteiger charge is 2.29. The average molecular weight is 217 g/mol. The first kappa shape index (κ1) is 14.4. The number of nitrogens with one attached hydrogen (secondary N) is 1. The highest BCUT2D eigenvalue weighted by atomic mass is 16.5. The highest BCUT2D eigenvalue weighted by molar-refractivity contribution is 5.82. The Hall–Kier alpha value is -0.610. The highest BCUT2D eigenvalue weighted by Crippen LogP contribution is 2.25. The van der Waals surface area contributed by atoms with Crippen LogP contribution < -0.4 is 5.32 Å². The van der Waals surface area contributed by atoms with Crippen molar-refractivity contribution in [1.29, 1.82) is 0 Å². The van der Waals surface area contributed by atoms with Crippen molar-refractivity contribution in [3.63, 3.8) is 0 Å². The zero-order valence-corrected chi connectivity index (χ0v) is 10.0. The zero-order valence-electron chi connectivity index (χ0n) is 10.0. The maximum atomic E-state index is 11.8. The summed E-state index contributed by atoms with van der Waals surface area (Å²) in [5, 5.41) is 11.7. The van der Waals surface area contributed by atoms with Gasteiger partial charge in [-0.1, -0.05) is 13.8 Å². The number of hydrogen-bond acceptors (Lipinski definition) is 3. The molecule has 1 atom stereocenters. The Kier molecular flexibility index (Phi) is 7.34. The van der Waals surface area contributed by atoms with Crippen LogP contribution in [0.5, 0.6) is 0 Å². The Morgan fingerprint density at radius 2 is 2.13 bits per heavy atom. The molecular weight excluding hydrogens is 194 g/mol. The van der Waals surface area contributed by atoms with Crippen molar-refractivity contribution in [2.75, 3.05) is 26.4 Å². The predicted octanol–water partition coefficient (Wildman–Crippen LogP) is 0.938. The summed E-state index contributed by atoms with van der Waals surface area (Å²) in [6.45, 7) is 7.54. The first-order valence-electron chi connectivity index (χ1n) is 5.57. The van der Waals surface area contributed by atoms with Gasteiger partial charge in [0.05, 0.1) is 6.61 Å². The normalized spacial score (nSPS) is 14.7. The quantitative estimate of drug-likeness (QED) is 0.595. The lowest BCUT2D eigenvalue weighted by molar-refractivity contribution is -0.131. The van der Waals surface area contributed by atoms with Crippen molar-refractivity contribution in [2.24, 2.45) is 5.41 Å². The Labute approximate surface area is 92.0 Å². The largest absolute Gasteiger partial charge is 0.396 e. The second-order valence-corrected chi connectivity index (χ2v) is 3.84. The summed E-state index contributed by atoms with van der Waals surface area (Å²) >= 11 is 0. The molecule has 0 aliphatic rings. The van der Waals surface area contributed by atoms with E-state index in [4.69, 9.17) is 9.84 Å². The molecule has 0 fully saturated rings. The monoisotopic (exact) mass is 217 g/mol. The summed E-state index contributed by atoms with van der Waals surface area (Å²) in [7, 11) is 0. The Balaban J connectivity index is 3.93. The summed E-state index contributed by atoms with van der Waals surface area (Å²) in [4.78, 5) is 11.8. The van der Waals surface area contributed by atoms with Crippen molar-refractivity contribution < 1.29 is 14.6 Å². The van der Waals surface area contributed by atoms with Crippen molar-refractivity contribution in [3.8, 4) is 0 Å². The van der Waals surface area contributed by atoms with Gasteiger partial charge in [-0.2, -0.15) is 0 Å². The lowest BCUT2D eigenvalue weighted by Gasteiger charge is -2.25. The first-order chi connectivity index (χ1) is 7.10. The van der Waals surface area contributed by atoms with Crippen LogP contribution in [0.3, 0.4) is 0 Å². The molecule has 0 heterocycles. The third-order valence-electron chi connectivity index (χ3n) is 2.73. The van der Waals surface area contributed by atoms with E-state index in [9.17, 15) is 4.79 Å². The van der Waals surface area contributed by atoms with Gasteiger partial charge in [-0.3, -0.25) is 4.79 Å². The summed E-state index contributed by atoms with van der Waals surface area (Å²) in [5.74, 6) is -0.00115. The number of rotatable bonds is 8. The fourth-order valence-corrected chi connectivity index (χ4v) is 1.29. The number of carbonyl (C=O) groups is 1. The van der Waals surface area contributed by atoms with E-state index in [0.717, 1.165) is 6.42 Å². The lowest BCUT2D eigenvalue weighted by Crippen LogP contribution is -2.40. The molecule has 0 aromatic heterocycles. The van der Waals surface area contributed by atoms with Gasteiger partial charge in [-0.05, 0) is 19.8 Å². The van der Waals surface area contributed by atoms with E-state index in [1.807, 2.05) is 20.8 Å². The van der Waals surface area contributed by atoms with Gasteiger partial charge in [0, 0.05) is 25.2 Å². The second kappa shape index (κ2) is 7.65. The minimum Gasteiger partial charge on any atom is -0.396 e. The molecule has 1 unspecified atom stereocenters. The summed E-state index contributed by atoms with van der Waals surface area (Å²) < 4.78 is 5.13. The molecule has 0 aliphatic heterocycles. The van der Waals surface area contributed by atoms with Crippen LogP contribution in [0.2, 0.25) is 0 Å². The lowest BCUT2D eigenvalue weighted by atomic mass is 9.83. The molecular formula is C11H23NO3. The molecule has 2 N–H and O–H groups in total. The molecule has 90 valence electrons. The molecule has 4 heteroatoms. The van der Waals surface area contributed by atoms with E-state index < -0.39 is 5.41 Å². The van der Waals surface area contributed by atoms with Gasteiger partial charge in [0.2, 0.25) is 5.91 Å². The average Bonchev–Trinajstić information content (AvgIpc) is 2.24. The molecule has 0 aliphatic carbocycles. The van der Waals surface area contributed by atoms with Crippen LogP contribution in [0, 0.1) is 5.41 Å². The summed E-state index contributed by atoms with van der Waals surface area (Å²) in [6.07, 6.45) is 1.23. The number of amides is 1. The third-order valence-corrected chi connectivity index (χ3v) is 2.73. The molecule has 0 aromatic carbocycles. The van der Waals surface area contributed by atoms with Gasteiger partial charge in [-0.15, -0.1) is 0 Å². The van der Waals surface area contributed by atoms with Crippen molar-refractivity contribution in [3.05, 3.63) is 0 Å². The first-order valence-corrected chi connectivity index (χ1v) is 5.57. The van der Waals surface area contributed by atoms with Crippen molar-refractivity contribution in [2.45, 2.75) is 33.6 Å². The van der Waals surface area contributed by atoms with Crippen LogP contribution in [0.4, 0.5) is 0 Å². The Morgan fingerprint density at radius 1 is 1.47 bits per heavy atom. The van der Waals surface area contributed by atoms with Crippen LogP contribution in [-0.4, -0.2) is 37.4 Å². The van der Waals surface area contributed by atoms with Gasteiger partial charge in [0.1, 0.15) is 0 Å². The molecule has 4 nitrogen and oxygen atoms in total. The zero-order chi connectivity index (χ0) is 11.7. The topological polar surface area (TPSA) is 58.6 Å². The number of carbonyl (C=O) groups excluding carboxylic acids is 1. The van der Waals surface area contributed by atoms with E-state index in [-0.39, 0.29) is 12.5 Å². The molecule has 0 spiro atoms. The Morgan fingerprint density at radius 3 is 2.60 bits per heavy atom. The predicted molar refractivity (Wildman–Crippen MR) is 59.6 cm³/mol. The van der Waals surface area contributed by atoms with Gasteiger partial charge in [-0.25, -0.2) is 0 Å². The van der Waals surface area contributed by atoms with Gasteiger partial charge >= 0.3 is 0 Å². The van der Waals surface area contributed by atoms with Gasteiger partial charge < -0.3 is 15.2 Å². The molecule has 0 radical (unpaired) electrons. The van der Waals surface area contributed by atoms with E-state index in [2.05, 4.69) is 5.32 Å². The van der Waals surface area contributed by atoms with E-state index in [1.165, 1.54) is 0 Å². The molecule has 15 heavy (non-hydrogen) atoms. The maximum Gasteiger partial charge on any atom is 0.226 e. The molecule has 1 amide bonds. The SMILES string of the molecule is CCOCCNC(=O)C(C)(CC)CCO.